The monoisotopic (exact) mass is 298 g/mol. The molecule has 2 rings (SSSR count). The van der Waals surface area contributed by atoms with Crippen LogP contribution in [0.15, 0.2) is 28.1 Å². The largest absolute Gasteiger partial charge is 0.399 e. The van der Waals surface area contributed by atoms with Crippen LogP contribution in [-0.4, -0.2) is 15.5 Å². The second-order valence-electron chi connectivity index (χ2n) is 2.98. The molecule has 0 saturated heterocycles. The summed E-state index contributed by atoms with van der Waals surface area (Å²) in [6.07, 6.45) is 0. The van der Waals surface area contributed by atoms with Crippen LogP contribution in [0.2, 0.25) is 0 Å². The molecular formula is C9H7BrN4OS. The van der Waals surface area contributed by atoms with Gasteiger partial charge in [-0.05, 0) is 45.7 Å². The Morgan fingerprint density at radius 1 is 1.50 bits per heavy atom. The molecule has 7 heteroatoms. The lowest BCUT2D eigenvalue weighted by Crippen LogP contribution is -2.12. The first-order valence-corrected chi connectivity index (χ1v) is 5.93. The number of amides is 1. The minimum absolute atomic E-state index is 0.291. The fourth-order valence-corrected chi connectivity index (χ4v) is 1.87. The summed E-state index contributed by atoms with van der Waals surface area (Å²) in [4.78, 5) is 11.7. The van der Waals surface area contributed by atoms with Crippen molar-refractivity contribution in [2.75, 3.05) is 11.1 Å². The third-order valence-electron chi connectivity index (χ3n) is 1.83. The molecule has 2 aromatic rings. The number of halogens is 1. The fraction of sp³-hybridized carbons (Fsp3) is 0. The van der Waals surface area contributed by atoms with E-state index in [1.54, 1.807) is 23.6 Å². The SMILES string of the molecule is Nc1ccc(Br)c(NC(=O)c2csnn2)c1. The molecule has 0 aliphatic heterocycles. The number of carbonyl (C=O) groups excluding carboxylic acids is 1. The normalized spacial score (nSPS) is 10.1. The molecule has 0 bridgehead atoms. The Morgan fingerprint density at radius 2 is 2.31 bits per heavy atom. The summed E-state index contributed by atoms with van der Waals surface area (Å²) < 4.78 is 4.38. The smallest absolute Gasteiger partial charge is 0.277 e. The lowest BCUT2D eigenvalue weighted by Gasteiger charge is -2.06. The maximum absolute atomic E-state index is 11.7. The van der Waals surface area contributed by atoms with Crippen LogP contribution in [0, 0.1) is 0 Å². The lowest BCUT2D eigenvalue weighted by molar-refractivity contribution is 0.102. The molecular weight excluding hydrogens is 292 g/mol. The Morgan fingerprint density at radius 3 is 3.00 bits per heavy atom. The van der Waals surface area contributed by atoms with E-state index in [1.807, 2.05) is 0 Å². The minimum atomic E-state index is -0.306. The number of rotatable bonds is 2. The van der Waals surface area contributed by atoms with E-state index in [0.717, 1.165) is 16.0 Å². The zero-order valence-electron chi connectivity index (χ0n) is 7.98. The van der Waals surface area contributed by atoms with Gasteiger partial charge in [-0.25, -0.2) is 0 Å². The number of aromatic nitrogens is 2. The Labute approximate surface area is 104 Å². The zero-order chi connectivity index (χ0) is 11.5. The number of nitrogen functional groups attached to an aromatic ring is 1. The highest BCUT2D eigenvalue weighted by Gasteiger charge is 2.10. The quantitative estimate of drug-likeness (QED) is 0.832. The maximum atomic E-state index is 11.7. The van der Waals surface area contributed by atoms with Gasteiger partial charge >= 0.3 is 0 Å². The number of hydrogen-bond acceptors (Lipinski definition) is 5. The number of anilines is 2. The van der Waals surface area contributed by atoms with Crippen molar-refractivity contribution in [3.8, 4) is 0 Å². The second-order valence-corrected chi connectivity index (χ2v) is 4.45. The second kappa shape index (κ2) is 4.58. The van der Waals surface area contributed by atoms with Crippen molar-refractivity contribution in [2.45, 2.75) is 0 Å². The molecule has 0 unspecified atom stereocenters. The van der Waals surface area contributed by atoms with Crippen molar-refractivity contribution >= 4 is 44.7 Å². The number of benzene rings is 1. The lowest BCUT2D eigenvalue weighted by atomic mass is 10.3. The van der Waals surface area contributed by atoms with Gasteiger partial charge in [-0.3, -0.25) is 4.79 Å². The van der Waals surface area contributed by atoms with Crippen LogP contribution in [-0.2, 0) is 0 Å². The minimum Gasteiger partial charge on any atom is -0.399 e. The zero-order valence-corrected chi connectivity index (χ0v) is 10.4. The van der Waals surface area contributed by atoms with Crippen molar-refractivity contribution in [1.29, 1.82) is 0 Å². The van der Waals surface area contributed by atoms with Crippen LogP contribution in [0.5, 0.6) is 0 Å². The summed E-state index contributed by atoms with van der Waals surface area (Å²) in [5, 5.41) is 7.95. The van der Waals surface area contributed by atoms with Crippen LogP contribution in [0.4, 0.5) is 11.4 Å². The topological polar surface area (TPSA) is 80.9 Å². The van der Waals surface area contributed by atoms with Gasteiger partial charge in [-0.1, -0.05) is 4.49 Å². The molecule has 5 nitrogen and oxygen atoms in total. The van der Waals surface area contributed by atoms with Crippen LogP contribution in [0.1, 0.15) is 10.5 Å². The van der Waals surface area contributed by atoms with E-state index in [9.17, 15) is 4.79 Å². The summed E-state index contributed by atoms with van der Waals surface area (Å²) >= 11 is 4.45. The molecule has 0 saturated carbocycles. The predicted octanol–water partition coefficient (Wildman–Crippen LogP) is 2.14. The summed E-state index contributed by atoms with van der Waals surface area (Å²) in [5.41, 5.74) is 7.10. The molecule has 0 radical (unpaired) electrons. The van der Waals surface area contributed by atoms with Gasteiger partial charge in [0.1, 0.15) is 0 Å². The molecule has 1 amide bonds. The molecule has 3 N–H and O–H groups in total. The van der Waals surface area contributed by atoms with Crippen molar-refractivity contribution < 1.29 is 4.79 Å². The standard InChI is InChI=1S/C9H7BrN4OS/c10-6-2-1-5(11)3-7(6)12-9(15)8-4-16-14-13-8/h1-4H,11H2,(H,12,15). The van der Waals surface area contributed by atoms with E-state index in [0.29, 0.717) is 17.1 Å². The maximum Gasteiger partial charge on any atom is 0.277 e. The van der Waals surface area contributed by atoms with Crippen LogP contribution >= 0.6 is 27.5 Å². The predicted molar refractivity (Wildman–Crippen MR) is 66.4 cm³/mol. The van der Waals surface area contributed by atoms with Gasteiger partial charge in [0.15, 0.2) is 5.69 Å². The number of carbonyl (C=O) groups is 1. The highest BCUT2D eigenvalue weighted by atomic mass is 79.9. The summed E-state index contributed by atoms with van der Waals surface area (Å²) in [6, 6.07) is 5.18. The van der Waals surface area contributed by atoms with E-state index < -0.39 is 0 Å². The van der Waals surface area contributed by atoms with Crippen LogP contribution in [0.3, 0.4) is 0 Å². The molecule has 1 aromatic heterocycles. The van der Waals surface area contributed by atoms with E-state index in [-0.39, 0.29) is 5.91 Å². The van der Waals surface area contributed by atoms with Crippen molar-refractivity contribution in [1.82, 2.24) is 9.59 Å². The van der Waals surface area contributed by atoms with Gasteiger partial charge in [0, 0.05) is 15.5 Å². The molecule has 0 aliphatic carbocycles. The van der Waals surface area contributed by atoms with Gasteiger partial charge in [-0.15, -0.1) is 5.10 Å². The molecule has 0 aliphatic rings. The molecule has 1 heterocycles. The third-order valence-corrected chi connectivity index (χ3v) is 3.03. The van der Waals surface area contributed by atoms with Gasteiger partial charge in [0.25, 0.3) is 5.91 Å². The van der Waals surface area contributed by atoms with E-state index in [4.69, 9.17) is 5.73 Å². The Kier molecular flexibility index (Phi) is 3.16. The van der Waals surface area contributed by atoms with E-state index >= 15 is 0 Å². The molecule has 16 heavy (non-hydrogen) atoms. The summed E-state index contributed by atoms with van der Waals surface area (Å²) in [6.45, 7) is 0. The average molecular weight is 299 g/mol. The number of nitrogens with one attached hydrogen (secondary N) is 1. The summed E-state index contributed by atoms with van der Waals surface area (Å²) in [5.74, 6) is -0.306. The van der Waals surface area contributed by atoms with E-state index in [1.165, 1.54) is 0 Å². The highest BCUT2D eigenvalue weighted by molar-refractivity contribution is 9.10. The van der Waals surface area contributed by atoms with Gasteiger partial charge < -0.3 is 11.1 Å². The molecule has 0 spiro atoms. The molecule has 1 aromatic carbocycles. The number of hydrogen-bond donors (Lipinski definition) is 2. The van der Waals surface area contributed by atoms with Gasteiger partial charge in [0.05, 0.1) is 5.69 Å². The fourth-order valence-electron chi connectivity index (χ4n) is 1.09. The molecule has 0 atom stereocenters. The Bertz CT molecular complexity index is 514. The van der Waals surface area contributed by atoms with Crippen LogP contribution < -0.4 is 11.1 Å². The van der Waals surface area contributed by atoms with Crippen LogP contribution in [0.25, 0.3) is 0 Å². The van der Waals surface area contributed by atoms with Crippen molar-refractivity contribution in [3.63, 3.8) is 0 Å². The van der Waals surface area contributed by atoms with Crippen molar-refractivity contribution in [2.24, 2.45) is 0 Å². The third kappa shape index (κ3) is 2.37. The highest BCUT2D eigenvalue weighted by Crippen LogP contribution is 2.24. The average Bonchev–Trinajstić information content (AvgIpc) is 2.76. The summed E-state index contributed by atoms with van der Waals surface area (Å²) in [7, 11) is 0. The van der Waals surface area contributed by atoms with Gasteiger partial charge in [-0.2, -0.15) is 0 Å². The molecule has 82 valence electrons. The number of nitrogens with two attached hydrogens (primary N) is 1. The van der Waals surface area contributed by atoms with E-state index in [2.05, 4.69) is 30.8 Å². The van der Waals surface area contributed by atoms with Gasteiger partial charge in [0.2, 0.25) is 0 Å². The first-order chi connectivity index (χ1) is 7.66. The Balaban J connectivity index is 2.21. The Hall–Kier alpha value is -1.47. The first-order valence-electron chi connectivity index (χ1n) is 4.30. The number of nitrogens with zero attached hydrogens (tertiary/aromatic N) is 2. The molecule has 0 fully saturated rings. The van der Waals surface area contributed by atoms with Crippen molar-refractivity contribution in [3.05, 3.63) is 33.7 Å². The first kappa shape index (κ1) is 11.0.